The highest BCUT2D eigenvalue weighted by atomic mass is 16.5. The van der Waals surface area contributed by atoms with Crippen LogP contribution in [-0.2, 0) is 10.2 Å². The van der Waals surface area contributed by atoms with Crippen molar-refractivity contribution in [1.29, 1.82) is 0 Å². The van der Waals surface area contributed by atoms with Gasteiger partial charge in [-0.1, -0.05) is 39.5 Å². The predicted octanol–water partition coefficient (Wildman–Crippen LogP) is 6.37. The molecule has 26 heavy (non-hydrogen) atoms. The summed E-state index contributed by atoms with van der Waals surface area (Å²) in [5.41, 5.74) is 8.71. The molecule has 0 N–H and O–H groups in total. The Morgan fingerprint density at radius 3 is 1.73 bits per heavy atom. The van der Waals surface area contributed by atoms with E-state index in [1.807, 2.05) is 13.8 Å². The van der Waals surface area contributed by atoms with Crippen molar-refractivity contribution < 1.29 is 9.53 Å². The van der Waals surface area contributed by atoms with Crippen molar-refractivity contribution in [2.75, 3.05) is 0 Å². The Kier molecular flexibility index (Phi) is 5.46. The van der Waals surface area contributed by atoms with E-state index < -0.39 is 0 Å². The number of hydrogen-bond acceptors (Lipinski definition) is 2. The maximum Gasteiger partial charge on any atom is 0.338 e. The van der Waals surface area contributed by atoms with E-state index in [-0.39, 0.29) is 11.4 Å². The van der Waals surface area contributed by atoms with Crippen LogP contribution in [0.4, 0.5) is 0 Å². The molecule has 0 aliphatic carbocycles. The molecule has 0 spiro atoms. The van der Waals surface area contributed by atoms with Gasteiger partial charge in [-0.15, -0.1) is 0 Å². The Labute approximate surface area is 157 Å². The van der Waals surface area contributed by atoms with Gasteiger partial charge in [-0.05, 0) is 91.1 Å². The highest BCUT2D eigenvalue weighted by molar-refractivity contribution is 5.89. The van der Waals surface area contributed by atoms with Gasteiger partial charge in [0.15, 0.2) is 0 Å². The molecule has 0 heterocycles. The van der Waals surface area contributed by atoms with Crippen molar-refractivity contribution in [3.05, 3.63) is 64.2 Å². The Morgan fingerprint density at radius 1 is 0.885 bits per heavy atom. The number of esters is 1. The minimum atomic E-state index is -0.383. The molecule has 2 nitrogen and oxygen atoms in total. The Balaban J connectivity index is 2.54. The predicted molar refractivity (Wildman–Crippen MR) is 110 cm³/mol. The van der Waals surface area contributed by atoms with Crippen LogP contribution < -0.4 is 4.74 Å². The lowest BCUT2D eigenvalue weighted by atomic mass is 9.82. The molecular formula is C24H30O2. The van der Waals surface area contributed by atoms with Crippen LogP contribution in [0.3, 0.4) is 0 Å². The third kappa shape index (κ3) is 4.07. The lowest BCUT2D eigenvalue weighted by Crippen LogP contribution is -2.12. The molecule has 2 aromatic carbocycles. The summed E-state index contributed by atoms with van der Waals surface area (Å²) in [7, 11) is 0. The summed E-state index contributed by atoms with van der Waals surface area (Å²) >= 11 is 0. The molecular weight excluding hydrogens is 320 g/mol. The van der Waals surface area contributed by atoms with E-state index >= 15 is 0 Å². The van der Waals surface area contributed by atoms with Gasteiger partial charge in [0.25, 0.3) is 0 Å². The first-order valence-electron chi connectivity index (χ1n) is 9.03. The summed E-state index contributed by atoms with van der Waals surface area (Å²) in [6.07, 6.45) is 0. The molecule has 138 valence electrons. The van der Waals surface area contributed by atoms with Gasteiger partial charge in [-0.25, -0.2) is 4.79 Å². The Hall–Kier alpha value is -2.35. The number of hydrogen-bond donors (Lipinski definition) is 0. The standard InChI is InChI=1S/C24H30O2/c1-14(2)23(25)26-22-17(5)10-19(11-18(22)6)21-15(3)12-20(13-16(21)4)24(7,8)9/h10-13H,1H2,2-9H3. The number of carbonyl (C=O) groups excluding carboxylic acids is 1. The van der Waals surface area contributed by atoms with E-state index in [0.717, 1.165) is 16.7 Å². The van der Waals surface area contributed by atoms with Crippen LogP contribution in [0.5, 0.6) is 5.75 Å². The highest BCUT2D eigenvalue weighted by Gasteiger charge is 2.18. The maximum atomic E-state index is 11.9. The van der Waals surface area contributed by atoms with Crippen LogP contribution in [0, 0.1) is 27.7 Å². The average Bonchev–Trinajstić information content (AvgIpc) is 2.48. The lowest BCUT2D eigenvalue weighted by Gasteiger charge is -2.23. The molecule has 0 unspecified atom stereocenters. The van der Waals surface area contributed by atoms with Crippen LogP contribution in [-0.4, -0.2) is 5.97 Å². The van der Waals surface area contributed by atoms with E-state index in [9.17, 15) is 4.79 Å². The third-order valence-corrected chi connectivity index (χ3v) is 4.69. The number of rotatable bonds is 3. The zero-order valence-corrected chi connectivity index (χ0v) is 17.3. The molecule has 0 atom stereocenters. The Bertz CT molecular complexity index is 834. The van der Waals surface area contributed by atoms with E-state index in [4.69, 9.17) is 4.74 Å². The summed E-state index contributed by atoms with van der Waals surface area (Å²) < 4.78 is 5.51. The number of aryl methyl sites for hydroxylation is 4. The number of benzene rings is 2. The monoisotopic (exact) mass is 350 g/mol. The van der Waals surface area contributed by atoms with Crippen molar-refractivity contribution in [3.63, 3.8) is 0 Å². The van der Waals surface area contributed by atoms with Gasteiger partial charge in [0.2, 0.25) is 0 Å². The van der Waals surface area contributed by atoms with Crippen molar-refractivity contribution in [2.45, 2.75) is 60.8 Å². The second-order valence-corrected chi connectivity index (χ2v) is 8.34. The molecule has 0 radical (unpaired) electrons. The average molecular weight is 351 g/mol. The molecule has 0 saturated carbocycles. The largest absolute Gasteiger partial charge is 0.423 e. The summed E-state index contributed by atoms with van der Waals surface area (Å²) in [6.45, 7) is 20.3. The van der Waals surface area contributed by atoms with Crippen molar-refractivity contribution in [1.82, 2.24) is 0 Å². The van der Waals surface area contributed by atoms with Crippen LogP contribution in [0.15, 0.2) is 36.4 Å². The van der Waals surface area contributed by atoms with Gasteiger partial charge in [0.1, 0.15) is 5.75 Å². The van der Waals surface area contributed by atoms with Crippen LogP contribution in [0.25, 0.3) is 11.1 Å². The maximum absolute atomic E-state index is 11.9. The molecule has 0 aliphatic heterocycles. The van der Waals surface area contributed by atoms with Gasteiger partial charge in [0.05, 0.1) is 0 Å². The van der Waals surface area contributed by atoms with E-state index in [1.165, 1.54) is 22.3 Å². The van der Waals surface area contributed by atoms with Gasteiger partial charge in [-0.3, -0.25) is 0 Å². The summed E-state index contributed by atoms with van der Waals surface area (Å²) in [5.74, 6) is 0.245. The third-order valence-electron chi connectivity index (χ3n) is 4.69. The van der Waals surface area contributed by atoms with Gasteiger partial charge >= 0.3 is 5.97 Å². The zero-order chi connectivity index (χ0) is 19.8. The normalized spacial score (nSPS) is 11.4. The molecule has 2 heteroatoms. The second kappa shape index (κ2) is 7.11. The topological polar surface area (TPSA) is 26.3 Å². The summed E-state index contributed by atoms with van der Waals surface area (Å²) in [5, 5.41) is 0. The molecule has 0 aromatic heterocycles. The SMILES string of the molecule is C=C(C)C(=O)Oc1c(C)cc(-c2c(C)cc(C(C)(C)C)cc2C)cc1C. The molecule has 0 fully saturated rings. The molecule has 0 bridgehead atoms. The first-order chi connectivity index (χ1) is 11.9. The van der Waals surface area contributed by atoms with Crippen LogP contribution >= 0.6 is 0 Å². The quantitative estimate of drug-likeness (QED) is 0.365. The highest BCUT2D eigenvalue weighted by Crippen LogP contribution is 2.36. The van der Waals surface area contributed by atoms with Crippen LogP contribution in [0.2, 0.25) is 0 Å². The molecule has 0 saturated heterocycles. The summed E-state index contributed by atoms with van der Waals surface area (Å²) in [4.78, 5) is 11.9. The number of carbonyl (C=O) groups is 1. The number of ether oxygens (including phenoxy) is 1. The lowest BCUT2D eigenvalue weighted by molar-refractivity contribution is -0.130. The second-order valence-electron chi connectivity index (χ2n) is 8.34. The van der Waals surface area contributed by atoms with Crippen molar-refractivity contribution in [3.8, 4) is 16.9 Å². The Morgan fingerprint density at radius 2 is 1.35 bits per heavy atom. The van der Waals surface area contributed by atoms with E-state index in [0.29, 0.717) is 11.3 Å². The molecule has 0 amide bonds. The molecule has 0 aliphatic rings. The van der Waals surface area contributed by atoms with E-state index in [2.05, 4.69) is 65.5 Å². The van der Waals surface area contributed by atoms with Crippen molar-refractivity contribution in [2.24, 2.45) is 0 Å². The molecule has 2 aromatic rings. The fraction of sp³-hybridized carbons (Fsp3) is 0.375. The van der Waals surface area contributed by atoms with Gasteiger partial charge < -0.3 is 4.74 Å². The van der Waals surface area contributed by atoms with Crippen molar-refractivity contribution >= 4 is 5.97 Å². The minimum absolute atomic E-state index is 0.125. The minimum Gasteiger partial charge on any atom is -0.423 e. The van der Waals surface area contributed by atoms with E-state index in [1.54, 1.807) is 6.92 Å². The zero-order valence-electron chi connectivity index (χ0n) is 17.3. The first-order valence-corrected chi connectivity index (χ1v) is 9.03. The molecule has 2 rings (SSSR count). The first kappa shape index (κ1) is 20.0. The summed E-state index contributed by atoms with van der Waals surface area (Å²) in [6, 6.07) is 8.75. The fourth-order valence-corrected chi connectivity index (χ4v) is 3.29. The fourth-order valence-electron chi connectivity index (χ4n) is 3.29. The van der Waals surface area contributed by atoms with Gasteiger partial charge in [0, 0.05) is 5.57 Å². The smallest absolute Gasteiger partial charge is 0.338 e. The van der Waals surface area contributed by atoms with Crippen LogP contribution in [0.1, 0.15) is 55.5 Å². The van der Waals surface area contributed by atoms with Gasteiger partial charge in [-0.2, -0.15) is 0 Å².